The van der Waals surface area contributed by atoms with E-state index in [0.29, 0.717) is 24.0 Å². The van der Waals surface area contributed by atoms with E-state index in [2.05, 4.69) is 4.98 Å². The van der Waals surface area contributed by atoms with Crippen LogP contribution < -0.4 is 0 Å². The van der Waals surface area contributed by atoms with E-state index in [0.717, 1.165) is 10.7 Å². The summed E-state index contributed by atoms with van der Waals surface area (Å²) in [7, 11) is 0. The van der Waals surface area contributed by atoms with E-state index < -0.39 is 0 Å². The number of aryl methyl sites for hydroxylation is 3. The summed E-state index contributed by atoms with van der Waals surface area (Å²) in [5.74, 6) is -0.243. The number of carbonyl (C=O) groups excluding carboxylic acids is 1. The summed E-state index contributed by atoms with van der Waals surface area (Å²) < 4.78 is 13.1. The van der Waals surface area contributed by atoms with Crippen molar-refractivity contribution in [3.63, 3.8) is 0 Å². The Kier molecular flexibility index (Phi) is 3.87. The molecule has 0 spiro atoms. The van der Waals surface area contributed by atoms with Gasteiger partial charge in [-0.05, 0) is 37.6 Å². The van der Waals surface area contributed by atoms with E-state index in [9.17, 15) is 9.18 Å². The third-order valence-electron chi connectivity index (χ3n) is 2.71. The number of Topliss-reactive ketones (excluding diaryl/α,β-unsaturated/α-hetero) is 1. The molecule has 0 unspecified atom stereocenters. The lowest BCUT2D eigenvalue weighted by molar-refractivity contribution is 0.0982. The molecule has 0 amide bonds. The first-order chi connectivity index (χ1) is 8.56. The van der Waals surface area contributed by atoms with Crippen molar-refractivity contribution in [2.24, 2.45) is 0 Å². The first kappa shape index (κ1) is 12.9. The average Bonchev–Trinajstić information content (AvgIpc) is 2.75. The van der Waals surface area contributed by atoms with Crippen molar-refractivity contribution in [1.29, 1.82) is 0 Å². The Labute approximate surface area is 110 Å². The number of benzene rings is 1. The van der Waals surface area contributed by atoms with E-state index in [1.807, 2.05) is 12.3 Å². The lowest BCUT2D eigenvalue weighted by Crippen LogP contribution is -2.02. The highest BCUT2D eigenvalue weighted by molar-refractivity contribution is 7.09. The summed E-state index contributed by atoms with van der Waals surface area (Å²) in [6, 6.07) is 4.48. The minimum absolute atomic E-state index is 0.0333. The normalized spacial score (nSPS) is 10.6. The first-order valence-corrected chi connectivity index (χ1v) is 6.64. The highest BCUT2D eigenvalue weighted by atomic mass is 32.1. The largest absolute Gasteiger partial charge is 0.294 e. The molecule has 0 atom stereocenters. The lowest BCUT2D eigenvalue weighted by Gasteiger charge is -2.02. The van der Waals surface area contributed by atoms with E-state index >= 15 is 0 Å². The van der Waals surface area contributed by atoms with Crippen LogP contribution in [0.3, 0.4) is 0 Å². The lowest BCUT2D eigenvalue weighted by atomic mass is 10.0. The molecule has 0 bridgehead atoms. The molecule has 18 heavy (non-hydrogen) atoms. The predicted molar refractivity (Wildman–Crippen MR) is 70.6 cm³/mol. The van der Waals surface area contributed by atoms with Gasteiger partial charge in [0.05, 0.1) is 5.01 Å². The Hall–Kier alpha value is -1.55. The molecule has 4 heteroatoms. The van der Waals surface area contributed by atoms with Crippen molar-refractivity contribution in [3.8, 4) is 0 Å². The van der Waals surface area contributed by atoms with Crippen LogP contribution >= 0.6 is 11.3 Å². The van der Waals surface area contributed by atoms with Gasteiger partial charge in [0.1, 0.15) is 5.82 Å². The summed E-state index contributed by atoms with van der Waals surface area (Å²) in [4.78, 5) is 16.3. The van der Waals surface area contributed by atoms with Gasteiger partial charge in [-0.2, -0.15) is 0 Å². The van der Waals surface area contributed by atoms with Gasteiger partial charge >= 0.3 is 0 Å². The van der Waals surface area contributed by atoms with Gasteiger partial charge in [0, 0.05) is 29.5 Å². The number of aromatic nitrogens is 1. The number of hydrogen-bond donors (Lipinski definition) is 0. The second-order valence-electron chi connectivity index (χ2n) is 4.27. The van der Waals surface area contributed by atoms with Gasteiger partial charge in [0.15, 0.2) is 5.78 Å². The zero-order valence-electron chi connectivity index (χ0n) is 10.4. The second kappa shape index (κ2) is 5.40. The molecule has 0 fully saturated rings. The van der Waals surface area contributed by atoms with Gasteiger partial charge in [-0.1, -0.05) is 0 Å². The number of rotatable bonds is 4. The minimum Gasteiger partial charge on any atom is -0.294 e. The Morgan fingerprint density at radius 1 is 1.39 bits per heavy atom. The van der Waals surface area contributed by atoms with Crippen molar-refractivity contribution in [2.75, 3.05) is 0 Å². The van der Waals surface area contributed by atoms with Crippen LogP contribution in [0.5, 0.6) is 0 Å². The number of nitrogens with zero attached hydrogens (tertiary/aromatic N) is 1. The van der Waals surface area contributed by atoms with Crippen LogP contribution in [0.1, 0.15) is 33.0 Å². The van der Waals surface area contributed by atoms with E-state index in [4.69, 9.17) is 0 Å². The summed E-state index contributed by atoms with van der Waals surface area (Å²) in [5.41, 5.74) is 2.06. The molecule has 2 rings (SSSR count). The smallest absolute Gasteiger partial charge is 0.163 e. The quantitative estimate of drug-likeness (QED) is 0.787. The van der Waals surface area contributed by atoms with Gasteiger partial charge in [0.25, 0.3) is 0 Å². The fraction of sp³-hybridized carbons (Fsp3) is 0.286. The van der Waals surface area contributed by atoms with Gasteiger partial charge in [-0.25, -0.2) is 9.37 Å². The number of thiazole rings is 1. The monoisotopic (exact) mass is 263 g/mol. The predicted octanol–water partition coefficient (Wildman–Crippen LogP) is 3.71. The minimum atomic E-state index is -0.276. The third kappa shape index (κ3) is 3.01. The van der Waals surface area contributed by atoms with E-state index in [1.165, 1.54) is 12.1 Å². The molecule has 0 aliphatic carbocycles. The zero-order chi connectivity index (χ0) is 13.1. The van der Waals surface area contributed by atoms with Crippen LogP contribution in [-0.4, -0.2) is 10.8 Å². The molecule has 0 saturated heterocycles. The molecule has 0 aliphatic rings. The fourth-order valence-corrected chi connectivity index (χ4v) is 2.48. The van der Waals surface area contributed by atoms with Crippen LogP contribution in [0.15, 0.2) is 23.6 Å². The Morgan fingerprint density at radius 2 is 2.17 bits per heavy atom. The maximum absolute atomic E-state index is 13.1. The van der Waals surface area contributed by atoms with E-state index in [-0.39, 0.29) is 11.6 Å². The van der Waals surface area contributed by atoms with Crippen LogP contribution in [-0.2, 0) is 6.42 Å². The molecule has 1 aromatic carbocycles. The Morgan fingerprint density at radius 3 is 2.78 bits per heavy atom. The van der Waals surface area contributed by atoms with Crippen molar-refractivity contribution in [1.82, 2.24) is 4.98 Å². The molecule has 2 nitrogen and oxygen atoms in total. The summed E-state index contributed by atoms with van der Waals surface area (Å²) in [5, 5.41) is 2.95. The van der Waals surface area contributed by atoms with Crippen LogP contribution in [0, 0.1) is 19.7 Å². The molecule has 1 aromatic heterocycles. The summed E-state index contributed by atoms with van der Waals surface area (Å²) in [6.45, 7) is 3.60. The molecule has 0 radical (unpaired) electrons. The fourth-order valence-electron chi connectivity index (χ4n) is 1.70. The average molecular weight is 263 g/mol. The van der Waals surface area contributed by atoms with Crippen molar-refractivity contribution in [2.45, 2.75) is 26.7 Å². The summed E-state index contributed by atoms with van der Waals surface area (Å²) >= 11 is 1.57. The molecular formula is C14H14FNOS. The molecule has 94 valence electrons. The number of halogens is 1. The number of hydrogen-bond acceptors (Lipinski definition) is 3. The Bertz CT molecular complexity index is 577. The second-order valence-corrected chi connectivity index (χ2v) is 5.21. The Balaban J connectivity index is 2.01. The zero-order valence-corrected chi connectivity index (χ0v) is 11.2. The molecule has 1 heterocycles. The van der Waals surface area contributed by atoms with Gasteiger partial charge in [-0.3, -0.25) is 4.79 Å². The van der Waals surface area contributed by atoms with E-state index in [1.54, 1.807) is 24.3 Å². The topological polar surface area (TPSA) is 30.0 Å². The highest BCUT2D eigenvalue weighted by Gasteiger charge is 2.09. The molecule has 0 aliphatic heterocycles. The summed E-state index contributed by atoms with van der Waals surface area (Å²) in [6.07, 6.45) is 1.06. The van der Waals surface area contributed by atoms with Crippen LogP contribution in [0.2, 0.25) is 0 Å². The molecule has 0 saturated carbocycles. The van der Waals surface area contributed by atoms with Crippen LogP contribution in [0.25, 0.3) is 0 Å². The van der Waals surface area contributed by atoms with Gasteiger partial charge in [-0.15, -0.1) is 11.3 Å². The molecule has 0 N–H and O–H groups in total. The number of ketones is 1. The number of carbonyl (C=O) groups is 1. The maximum Gasteiger partial charge on any atom is 0.163 e. The third-order valence-corrected chi connectivity index (χ3v) is 3.74. The highest BCUT2D eigenvalue weighted by Crippen LogP contribution is 2.15. The van der Waals surface area contributed by atoms with Crippen molar-refractivity contribution >= 4 is 17.1 Å². The SMILES string of the molecule is Cc1csc(CCC(=O)c2ccc(F)c(C)c2)n1. The van der Waals surface area contributed by atoms with Crippen molar-refractivity contribution < 1.29 is 9.18 Å². The maximum atomic E-state index is 13.1. The standard InChI is InChI=1S/C14H14FNOS/c1-9-7-11(3-4-12(9)15)13(17)5-6-14-16-10(2)8-18-14/h3-4,7-8H,5-6H2,1-2H3. The molecular weight excluding hydrogens is 249 g/mol. The van der Waals surface area contributed by atoms with Gasteiger partial charge < -0.3 is 0 Å². The first-order valence-electron chi connectivity index (χ1n) is 5.76. The molecule has 2 aromatic rings. The van der Waals surface area contributed by atoms with Gasteiger partial charge in [0.2, 0.25) is 0 Å². The van der Waals surface area contributed by atoms with Crippen LogP contribution in [0.4, 0.5) is 4.39 Å². The van der Waals surface area contributed by atoms with Crippen molar-refractivity contribution in [3.05, 3.63) is 51.2 Å².